The average molecular weight is 313 g/mol. The van der Waals surface area contributed by atoms with Crippen LogP contribution in [0.3, 0.4) is 0 Å². The first kappa shape index (κ1) is 13.2. The van der Waals surface area contributed by atoms with Crippen molar-refractivity contribution >= 4 is 15.9 Å². The SMILES string of the molecule is NCCCCc1cn(-c2cc(F)ccc2Br)nn1. The predicted molar refractivity (Wildman–Crippen MR) is 71.0 cm³/mol. The third kappa shape index (κ3) is 3.14. The van der Waals surface area contributed by atoms with Crippen molar-refractivity contribution in [3.05, 3.63) is 40.4 Å². The highest BCUT2D eigenvalue weighted by molar-refractivity contribution is 9.10. The molecule has 0 fully saturated rings. The number of rotatable bonds is 5. The molecule has 4 nitrogen and oxygen atoms in total. The molecular formula is C12H14BrFN4. The van der Waals surface area contributed by atoms with Crippen molar-refractivity contribution in [2.45, 2.75) is 19.3 Å². The Morgan fingerprint density at radius 3 is 2.94 bits per heavy atom. The predicted octanol–water partition coefficient (Wildman–Crippen LogP) is 2.45. The van der Waals surface area contributed by atoms with Crippen LogP contribution in [0, 0.1) is 5.82 Å². The molecule has 0 saturated carbocycles. The normalized spacial score (nSPS) is 10.8. The van der Waals surface area contributed by atoms with Gasteiger partial charge in [-0.15, -0.1) is 5.10 Å². The Labute approximate surface area is 113 Å². The maximum atomic E-state index is 13.2. The molecule has 2 aromatic rings. The van der Waals surface area contributed by atoms with Gasteiger partial charge in [-0.3, -0.25) is 0 Å². The van der Waals surface area contributed by atoms with E-state index in [4.69, 9.17) is 5.73 Å². The number of halogens is 2. The molecule has 2 rings (SSSR count). The van der Waals surface area contributed by atoms with E-state index in [0.29, 0.717) is 12.2 Å². The molecule has 96 valence electrons. The second kappa shape index (κ2) is 6.06. The fourth-order valence-electron chi connectivity index (χ4n) is 1.64. The molecule has 0 aliphatic carbocycles. The van der Waals surface area contributed by atoms with Gasteiger partial charge in [0.1, 0.15) is 5.82 Å². The molecule has 0 amide bonds. The molecule has 1 heterocycles. The molecule has 1 aromatic heterocycles. The third-order valence-electron chi connectivity index (χ3n) is 2.58. The summed E-state index contributed by atoms with van der Waals surface area (Å²) in [5.41, 5.74) is 6.97. The largest absolute Gasteiger partial charge is 0.330 e. The Morgan fingerprint density at radius 1 is 1.33 bits per heavy atom. The molecule has 6 heteroatoms. The van der Waals surface area contributed by atoms with E-state index in [2.05, 4.69) is 26.2 Å². The monoisotopic (exact) mass is 312 g/mol. The molecule has 0 aliphatic heterocycles. The quantitative estimate of drug-likeness (QED) is 0.863. The third-order valence-corrected chi connectivity index (χ3v) is 3.25. The molecule has 1 aromatic carbocycles. The van der Waals surface area contributed by atoms with Crippen LogP contribution in [0.15, 0.2) is 28.9 Å². The van der Waals surface area contributed by atoms with Gasteiger partial charge in [-0.25, -0.2) is 9.07 Å². The van der Waals surface area contributed by atoms with E-state index in [1.165, 1.54) is 12.1 Å². The Morgan fingerprint density at radius 2 is 2.17 bits per heavy atom. The number of benzene rings is 1. The first-order valence-electron chi connectivity index (χ1n) is 5.77. The minimum atomic E-state index is -0.298. The van der Waals surface area contributed by atoms with Crippen LogP contribution in [0.1, 0.15) is 18.5 Å². The standard InChI is InChI=1S/C12H14BrFN4/c13-11-5-4-9(14)7-12(11)18-8-10(16-17-18)3-1-2-6-15/h4-5,7-8H,1-3,6,15H2. The van der Waals surface area contributed by atoms with Gasteiger partial charge in [0.2, 0.25) is 0 Å². The van der Waals surface area contributed by atoms with Crippen LogP contribution in [-0.4, -0.2) is 21.5 Å². The van der Waals surface area contributed by atoms with E-state index in [1.54, 1.807) is 10.7 Å². The summed E-state index contributed by atoms with van der Waals surface area (Å²) in [4.78, 5) is 0. The van der Waals surface area contributed by atoms with E-state index in [1.807, 2.05) is 6.20 Å². The second-order valence-corrected chi connectivity index (χ2v) is 4.85. The second-order valence-electron chi connectivity index (χ2n) is 4.00. The molecule has 0 atom stereocenters. The number of aryl methyl sites for hydroxylation is 1. The molecule has 0 spiro atoms. The summed E-state index contributed by atoms with van der Waals surface area (Å²) < 4.78 is 15.5. The summed E-state index contributed by atoms with van der Waals surface area (Å²) in [6, 6.07) is 4.47. The maximum Gasteiger partial charge on any atom is 0.125 e. The first-order chi connectivity index (χ1) is 8.70. The summed E-state index contributed by atoms with van der Waals surface area (Å²) in [7, 11) is 0. The van der Waals surface area contributed by atoms with E-state index >= 15 is 0 Å². The molecule has 2 N–H and O–H groups in total. The zero-order chi connectivity index (χ0) is 13.0. The zero-order valence-corrected chi connectivity index (χ0v) is 11.4. The molecular weight excluding hydrogens is 299 g/mol. The fraction of sp³-hybridized carbons (Fsp3) is 0.333. The summed E-state index contributed by atoms with van der Waals surface area (Å²) in [6.07, 6.45) is 4.61. The van der Waals surface area contributed by atoms with Crippen LogP contribution in [0.25, 0.3) is 5.69 Å². The number of aromatic nitrogens is 3. The molecule has 18 heavy (non-hydrogen) atoms. The molecule has 0 unspecified atom stereocenters. The van der Waals surface area contributed by atoms with Gasteiger partial charge in [0, 0.05) is 10.5 Å². The fourth-order valence-corrected chi connectivity index (χ4v) is 2.07. The van der Waals surface area contributed by atoms with E-state index in [9.17, 15) is 4.39 Å². The molecule has 0 saturated heterocycles. The molecule has 0 bridgehead atoms. The molecule has 0 radical (unpaired) electrons. The van der Waals surface area contributed by atoms with Crippen LogP contribution in [-0.2, 0) is 6.42 Å². The van der Waals surface area contributed by atoms with Crippen LogP contribution in [0.2, 0.25) is 0 Å². The van der Waals surface area contributed by atoms with Gasteiger partial charge in [-0.05, 0) is 53.9 Å². The number of unbranched alkanes of at least 4 members (excludes halogenated alkanes) is 1. The highest BCUT2D eigenvalue weighted by Crippen LogP contribution is 2.21. The van der Waals surface area contributed by atoms with Gasteiger partial charge in [0.05, 0.1) is 17.6 Å². The van der Waals surface area contributed by atoms with Gasteiger partial charge >= 0.3 is 0 Å². The van der Waals surface area contributed by atoms with Crippen molar-refractivity contribution in [3.63, 3.8) is 0 Å². The van der Waals surface area contributed by atoms with Gasteiger partial charge in [0.15, 0.2) is 0 Å². The van der Waals surface area contributed by atoms with Crippen LogP contribution >= 0.6 is 15.9 Å². The zero-order valence-electron chi connectivity index (χ0n) is 9.81. The lowest BCUT2D eigenvalue weighted by Gasteiger charge is -2.02. The minimum Gasteiger partial charge on any atom is -0.330 e. The lowest BCUT2D eigenvalue weighted by Crippen LogP contribution is -1.99. The first-order valence-corrected chi connectivity index (χ1v) is 6.56. The maximum absolute atomic E-state index is 13.2. The van der Waals surface area contributed by atoms with Crippen molar-refractivity contribution in [1.29, 1.82) is 0 Å². The van der Waals surface area contributed by atoms with Gasteiger partial charge in [-0.2, -0.15) is 0 Å². The number of hydrogen-bond donors (Lipinski definition) is 1. The lowest BCUT2D eigenvalue weighted by atomic mass is 10.2. The number of hydrogen-bond acceptors (Lipinski definition) is 3. The number of nitrogens with zero attached hydrogens (tertiary/aromatic N) is 3. The summed E-state index contributed by atoms with van der Waals surface area (Å²) >= 11 is 3.37. The Kier molecular flexibility index (Phi) is 4.43. The van der Waals surface area contributed by atoms with Crippen molar-refractivity contribution < 1.29 is 4.39 Å². The smallest absolute Gasteiger partial charge is 0.125 e. The van der Waals surface area contributed by atoms with Crippen LogP contribution < -0.4 is 5.73 Å². The summed E-state index contributed by atoms with van der Waals surface area (Å²) in [5.74, 6) is -0.298. The Bertz CT molecular complexity index is 527. The van der Waals surface area contributed by atoms with Crippen molar-refractivity contribution in [3.8, 4) is 5.69 Å². The topological polar surface area (TPSA) is 56.7 Å². The lowest BCUT2D eigenvalue weighted by molar-refractivity contribution is 0.624. The van der Waals surface area contributed by atoms with Crippen molar-refractivity contribution in [2.75, 3.05) is 6.54 Å². The minimum absolute atomic E-state index is 0.298. The van der Waals surface area contributed by atoms with Crippen molar-refractivity contribution in [2.24, 2.45) is 5.73 Å². The van der Waals surface area contributed by atoms with Crippen LogP contribution in [0.4, 0.5) is 4.39 Å². The van der Waals surface area contributed by atoms with E-state index < -0.39 is 0 Å². The van der Waals surface area contributed by atoms with Crippen LogP contribution in [0.5, 0.6) is 0 Å². The van der Waals surface area contributed by atoms with Gasteiger partial charge in [0.25, 0.3) is 0 Å². The van der Waals surface area contributed by atoms with E-state index in [0.717, 1.165) is 29.4 Å². The Hall–Kier alpha value is -1.27. The van der Waals surface area contributed by atoms with E-state index in [-0.39, 0.29) is 5.82 Å². The highest BCUT2D eigenvalue weighted by atomic mass is 79.9. The van der Waals surface area contributed by atoms with Crippen molar-refractivity contribution in [1.82, 2.24) is 15.0 Å². The average Bonchev–Trinajstić information content (AvgIpc) is 2.81. The summed E-state index contributed by atoms with van der Waals surface area (Å²) in [6.45, 7) is 0.684. The Balaban J connectivity index is 2.16. The molecule has 0 aliphatic rings. The highest BCUT2D eigenvalue weighted by Gasteiger charge is 2.07. The van der Waals surface area contributed by atoms with Gasteiger partial charge in [-0.1, -0.05) is 5.21 Å². The summed E-state index contributed by atoms with van der Waals surface area (Å²) in [5, 5.41) is 8.07. The number of nitrogens with two attached hydrogens (primary N) is 1. The van der Waals surface area contributed by atoms with Gasteiger partial charge < -0.3 is 5.73 Å².